The Balaban J connectivity index is 2.03. The average molecular weight is 209 g/mol. The van der Waals surface area contributed by atoms with Gasteiger partial charge in [0.1, 0.15) is 0 Å². The number of rotatable bonds is 2. The average Bonchev–Trinajstić information content (AvgIpc) is 2.52. The van der Waals surface area contributed by atoms with E-state index in [0.717, 1.165) is 6.42 Å². The van der Waals surface area contributed by atoms with Crippen LogP contribution in [0.3, 0.4) is 0 Å². The first-order chi connectivity index (χ1) is 6.75. The van der Waals surface area contributed by atoms with Gasteiger partial charge in [-0.25, -0.2) is 0 Å². The van der Waals surface area contributed by atoms with E-state index in [1.807, 2.05) is 0 Å². The van der Waals surface area contributed by atoms with Crippen LogP contribution in [0.25, 0.3) is 0 Å². The largest absolute Gasteiger partial charge is 0.123 e. The van der Waals surface area contributed by atoms with Gasteiger partial charge in [-0.2, -0.15) is 0 Å². The molecule has 2 atom stereocenters. The minimum atomic E-state index is 0.413. The van der Waals surface area contributed by atoms with E-state index in [-0.39, 0.29) is 0 Å². The van der Waals surface area contributed by atoms with Crippen molar-refractivity contribution < 1.29 is 0 Å². The van der Waals surface area contributed by atoms with E-state index in [1.165, 1.54) is 30.4 Å². The van der Waals surface area contributed by atoms with Crippen molar-refractivity contribution in [2.24, 2.45) is 5.92 Å². The molecule has 1 fully saturated rings. The summed E-state index contributed by atoms with van der Waals surface area (Å²) >= 11 is 6.27. The van der Waals surface area contributed by atoms with Gasteiger partial charge in [0.05, 0.1) is 0 Å². The molecule has 2 rings (SSSR count). The van der Waals surface area contributed by atoms with E-state index in [1.54, 1.807) is 0 Å². The summed E-state index contributed by atoms with van der Waals surface area (Å²) in [4.78, 5) is 0. The Labute approximate surface area is 91.3 Å². The van der Waals surface area contributed by atoms with Gasteiger partial charge in [-0.15, -0.1) is 11.6 Å². The van der Waals surface area contributed by atoms with Gasteiger partial charge in [0.2, 0.25) is 0 Å². The van der Waals surface area contributed by atoms with Crippen LogP contribution >= 0.6 is 11.6 Å². The molecule has 1 aromatic rings. The van der Waals surface area contributed by atoms with Crippen LogP contribution in [0.15, 0.2) is 24.3 Å². The highest BCUT2D eigenvalue weighted by molar-refractivity contribution is 6.20. The molecule has 0 aromatic heterocycles. The Hall–Kier alpha value is -0.490. The Morgan fingerprint density at radius 3 is 2.86 bits per heavy atom. The third-order valence-electron chi connectivity index (χ3n) is 3.15. The lowest BCUT2D eigenvalue weighted by molar-refractivity contribution is 0.552. The summed E-state index contributed by atoms with van der Waals surface area (Å²) in [6.07, 6.45) is 4.99. The number of benzene rings is 1. The highest BCUT2D eigenvalue weighted by Crippen LogP contribution is 2.32. The molecule has 1 saturated carbocycles. The second kappa shape index (κ2) is 4.35. The van der Waals surface area contributed by atoms with Gasteiger partial charge in [0, 0.05) is 5.38 Å². The van der Waals surface area contributed by atoms with Crippen LogP contribution in [0.4, 0.5) is 0 Å². The van der Waals surface area contributed by atoms with Crippen molar-refractivity contribution in [3.05, 3.63) is 35.4 Å². The van der Waals surface area contributed by atoms with Gasteiger partial charge >= 0.3 is 0 Å². The van der Waals surface area contributed by atoms with Gasteiger partial charge in [-0.3, -0.25) is 0 Å². The predicted octanol–water partition coefficient (Wildman–Crippen LogP) is 3.95. The monoisotopic (exact) mass is 208 g/mol. The first-order valence-electron chi connectivity index (χ1n) is 5.45. The lowest BCUT2D eigenvalue weighted by Crippen LogP contribution is -2.10. The molecule has 0 radical (unpaired) electrons. The zero-order valence-electron chi connectivity index (χ0n) is 8.67. The van der Waals surface area contributed by atoms with Gasteiger partial charge < -0.3 is 0 Å². The summed E-state index contributed by atoms with van der Waals surface area (Å²) in [5, 5.41) is 0.413. The summed E-state index contributed by atoms with van der Waals surface area (Å²) in [5.74, 6) is 0.707. The maximum Gasteiger partial charge on any atom is 0.0367 e. The molecule has 14 heavy (non-hydrogen) atoms. The topological polar surface area (TPSA) is 0 Å². The molecule has 0 bridgehead atoms. The standard InChI is InChI=1S/C13H17Cl/c1-10-4-2-5-11(8-10)9-12-6-3-7-13(12)14/h2,4-5,8,12-13H,3,6-7,9H2,1H3. The smallest absolute Gasteiger partial charge is 0.0367 e. The van der Waals surface area contributed by atoms with Crippen molar-refractivity contribution in [2.45, 2.75) is 38.0 Å². The fourth-order valence-corrected chi connectivity index (χ4v) is 2.73. The van der Waals surface area contributed by atoms with Crippen molar-refractivity contribution in [1.29, 1.82) is 0 Å². The molecule has 1 heteroatoms. The van der Waals surface area contributed by atoms with E-state index < -0.39 is 0 Å². The first kappa shape index (κ1) is 10.0. The molecular formula is C13H17Cl. The number of aryl methyl sites for hydroxylation is 1. The zero-order valence-corrected chi connectivity index (χ0v) is 9.43. The van der Waals surface area contributed by atoms with Crippen LogP contribution in [0.5, 0.6) is 0 Å². The second-order valence-electron chi connectivity index (χ2n) is 4.40. The summed E-state index contributed by atoms with van der Waals surface area (Å²) in [6.45, 7) is 2.15. The van der Waals surface area contributed by atoms with E-state index >= 15 is 0 Å². The minimum Gasteiger partial charge on any atom is -0.123 e. The molecule has 0 nitrogen and oxygen atoms in total. The number of halogens is 1. The molecule has 0 heterocycles. The molecule has 1 aliphatic carbocycles. The van der Waals surface area contributed by atoms with Gasteiger partial charge in [-0.05, 0) is 37.7 Å². The van der Waals surface area contributed by atoms with Crippen LogP contribution in [-0.4, -0.2) is 5.38 Å². The molecule has 0 amide bonds. The normalized spacial score (nSPS) is 26.7. The van der Waals surface area contributed by atoms with Crippen molar-refractivity contribution in [3.8, 4) is 0 Å². The molecule has 0 saturated heterocycles. The molecular weight excluding hydrogens is 192 g/mol. The predicted molar refractivity (Wildman–Crippen MR) is 61.9 cm³/mol. The maximum absolute atomic E-state index is 6.27. The van der Waals surface area contributed by atoms with E-state index in [4.69, 9.17) is 11.6 Å². The lowest BCUT2D eigenvalue weighted by atomic mass is 9.97. The minimum absolute atomic E-state index is 0.413. The Bertz CT molecular complexity index is 306. The van der Waals surface area contributed by atoms with Gasteiger partial charge in [0.15, 0.2) is 0 Å². The first-order valence-corrected chi connectivity index (χ1v) is 5.89. The summed E-state index contributed by atoms with van der Waals surface area (Å²) in [7, 11) is 0. The fraction of sp³-hybridized carbons (Fsp3) is 0.538. The highest BCUT2D eigenvalue weighted by atomic mass is 35.5. The Kier molecular flexibility index (Phi) is 3.12. The van der Waals surface area contributed by atoms with Crippen molar-refractivity contribution >= 4 is 11.6 Å². The maximum atomic E-state index is 6.27. The number of hydrogen-bond donors (Lipinski definition) is 0. The SMILES string of the molecule is Cc1cccc(CC2CCCC2Cl)c1. The molecule has 0 aliphatic heterocycles. The summed E-state index contributed by atoms with van der Waals surface area (Å²) in [5.41, 5.74) is 2.80. The van der Waals surface area contributed by atoms with E-state index in [2.05, 4.69) is 31.2 Å². The fourth-order valence-electron chi connectivity index (χ4n) is 2.36. The number of hydrogen-bond acceptors (Lipinski definition) is 0. The third-order valence-corrected chi connectivity index (χ3v) is 3.72. The Morgan fingerprint density at radius 1 is 1.36 bits per heavy atom. The molecule has 1 aliphatic rings. The van der Waals surface area contributed by atoms with Crippen molar-refractivity contribution in [3.63, 3.8) is 0 Å². The Morgan fingerprint density at radius 2 is 2.21 bits per heavy atom. The quantitative estimate of drug-likeness (QED) is 0.646. The van der Waals surface area contributed by atoms with Gasteiger partial charge in [0.25, 0.3) is 0 Å². The van der Waals surface area contributed by atoms with Crippen LogP contribution in [0.1, 0.15) is 30.4 Å². The third kappa shape index (κ3) is 2.30. The van der Waals surface area contributed by atoms with Crippen LogP contribution < -0.4 is 0 Å². The summed E-state index contributed by atoms with van der Waals surface area (Å²) in [6, 6.07) is 8.79. The molecule has 0 N–H and O–H groups in total. The van der Waals surface area contributed by atoms with Crippen LogP contribution in [-0.2, 0) is 6.42 Å². The lowest BCUT2D eigenvalue weighted by Gasteiger charge is -2.13. The number of alkyl halides is 1. The molecule has 0 spiro atoms. The zero-order chi connectivity index (χ0) is 9.97. The highest BCUT2D eigenvalue weighted by Gasteiger charge is 2.25. The molecule has 2 unspecified atom stereocenters. The van der Waals surface area contributed by atoms with Crippen LogP contribution in [0.2, 0.25) is 0 Å². The van der Waals surface area contributed by atoms with Gasteiger partial charge in [-0.1, -0.05) is 36.2 Å². The second-order valence-corrected chi connectivity index (χ2v) is 4.96. The van der Waals surface area contributed by atoms with E-state index in [9.17, 15) is 0 Å². The van der Waals surface area contributed by atoms with Crippen molar-refractivity contribution in [2.75, 3.05) is 0 Å². The van der Waals surface area contributed by atoms with Crippen LogP contribution in [0, 0.1) is 12.8 Å². The summed E-state index contributed by atoms with van der Waals surface area (Å²) < 4.78 is 0. The van der Waals surface area contributed by atoms with Crippen molar-refractivity contribution in [1.82, 2.24) is 0 Å². The molecule has 76 valence electrons. The molecule has 1 aromatic carbocycles. The van der Waals surface area contributed by atoms with E-state index in [0.29, 0.717) is 11.3 Å².